The number of carbonyl (C=O) groups is 2. The van der Waals surface area contributed by atoms with Gasteiger partial charge in [0.2, 0.25) is 0 Å². The quantitative estimate of drug-likeness (QED) is 0.645. The summed E-state index contributed by atoms with van der Waals surface area (Å²) in [5.74, 6) is -1.98. The molecule has 0 radical (unpaired) electrons. The molecule has 0 N–H and O–H groups in total. The molecule has 2 aromatic carbocycles. The molecule has 0 atom stereocenters. The Morgan fingerprint density at radius 2 is 1.55 bits per heavy atom. The minimum atomic E-state index is -0.827. The number of hydrogen-bond acceptors (Lipinski definition) is 4. The monoisotopic (exact) mass is 314 g/mol. The van der Waals surface area contributed by atoms with Crippen LogP contribution in [0, 0.1) is 0 Å². The minimum absolute atomic E-state index is 0.242. The summed E-state index contributed by atoms with van der Waals surface area (Å²) in [4.78, 5) is 37.0. The number of benzene rings is 2. The highest BCUT2D eigenvalue weighted by Crippen LogP contribution is 2.24. The van der Waals surface area contributed by atoms with E-state index in [1.807, 2.05) is 0 Å². The van der Waals surface area contributed by atoms with Crippen LogP contribution in [-0.4, -0.2) is 16.5 Å². The number of oxazole rings is 1. The Labute approximate surface area is 128 Å². The van der Waals surface area contributed by atoms with Crippen LogP contribution < -0.4 is 10.8 Å². The van der Waals surface area contributed by atoms with Gasteiger partial charge in [-0.3, -0.25) is 9.59 Å². The van der Waals surface area contributed by atoms with E-state index in [1.165, 1.54) is 24.3 Å². The van der Waals surface area contributed by atoms with E-state index in [9.17, 15) is 14.4 Å². The zero-order chi connectivity index (χ0) is 15.4. The Hall–Kier alpha value is -2.86. The van der Waals surface area contributed by atoms with Crippen molar-refractivity contribution >= 4 is 34.5 Å². The second kappa shape index (κ2) is 4.32. The van der Waals surface area contributed by atoms with Crippen molar-refractivity contribution in [1.82, 2.24) is 4.68 Å². The molecule has 4 rings (SSSR count). The molecule has 0 fully saturated rings. The van der Waals surface area contributed by atoms with Crippen molar-refractivity contribution in [2.45, 2.75) is 0 Å². The van der Waals surface area contributed by atoms with E-state index in [0.717, 1.165) is 9.69 Å². The lowest BCUT2D eigenvalue weighted by Gasteiger charge is -2.13. The van der Waals surface area contributed by atoms with Crippen LogP contribution in [0.4, 0.5) is 0 Å². The van der Waals surface area contributed by atoms with Gasteiger partial charge in [0, 0.05) is 5.02 Å². The topological polar surface area (TPSA) is 72.5 Å². The van der Waals surface area contributed by atoms with E-state index in [1.54, 1.807) is 18.2 Å². The zero-order valence-electron chi connectivity index (χ0n) is 10.9. The molecule has 1 aromatic heterocycles. The van der Waals surface area contributed by atoms with Crippen molar-refractivity contribution in [1.29, 1.82) is 0 Å². The Morgan fingerprint density at radius 3 is 2.18 bits per heavy atom. The van der Waals surface area contributed by atoms with Crippen LogP contribution in [-0.2, 0) is 0 Å². The molecule has 7 heteroatoms. The predicted molar refractivity (Wildman–Crippen MR) is 78.8 cm³/mol. The summed E-state index contributed by atoms with van der Waals surface area (Å²) in [7, 11) is 0. The van der Waals surface area contributed by atoms with Gasteiger partial charge in [-0.2, -0.15) is 9.69 Å². The molecule has 1 aliphatic heterocycles. The van der Waals surface area contributed by atoms with Gasteiger partial charge in [-0.05, 0) is 30.3 Å². The van der Waals surface area contributed by atoms with Gasteiger partial charge in [-0.15, -0.1) is 0 Å². The standard InChI is InChI=1S/C15H7ClN2O4/c16-8-5-6-12-11(7-8)17(15(21)22-12)18-13(19)9-3-1-2-4-10(9)14(18)20/h1-7H. The molecular weight excluding hydrogens is 308 g/mol. The van der Waals surface area contributed by atoms with Gasteiger partial charge < -0.3 is 4.42 Å². The fraction of sp³-hybridized carbons (Fsp3) is 0. The van der Waals surface area contributed by atoms with Gasteiger partial charge in [0.15, 0.2) is 5.58 Å². The van der Waals surface area contributed by atoms with E-state index in [0.29, 0.717) is 5.02 Å². The summed E-state index contributed by atoms with van der Waals surface area (Å²) in [6.07, 6.45) is 0. The molecule has 108 valence electrons. The summed E-state index contributed by atoms with van der Waals surface area (Å²) >= 11 is 5.92. The number of amides is 2. The molecule has 2 amide bonds. The number of hydrogen-bond donors (Lipinski definition) is 0. The average Bonchev–Trinajstić information content (AvgIpc) is 2.95. The highest BCUT2D eigenvalue weighted by atomic mass is 35.5. The molecule has 0 saturated carbocycles. The second-order valence-corrected chi connectivity index (χ2v) is 5.20. The molecule has 2 heterocycles. The van der Waals surface area contributed by atoms with Crippen LogP contribution in [0.15, 0.2) is 51.7 Å². The van der Waals surface area contributed by atoms with E-state index in [2.05, 4.69) is 0 Å². The van der Waals surface area contributed by atoms with Crippen molar-refractivity contribution < 1.29 is 14.0 Å². The van der Waals surface area contributed by atoms with Crippen molar-refractivity contribution in [3.63, 3.8) is 0 Å². The third-order valence-corrected chi connectivity index (χ3v) is 3.73. The maximum absolute atomic E-state index is 12.5. The highest BCUT2D eigenvalue weighted by molar-refractivity contribution is 6.32. The maximum Gasteiger partial charge on any atom is 0.439 e. The van der Waals surface area contributed by atoms with Crippen molar-refractivity contribution in [3.05, 3.63) is 69.2 Å². The second-order valence-electron chi connectivity index (χ2n) is 4.76. The SMILES string of the molecule is O=C1c2ccccc2C(=O)N1n1c(=O)oc2ccc(Cl)cc21. The number of aromatic nitrogens is 1. The Kier molecular flexibility index (Phi) is 2.52. The normalized spacial score (nSPS) is 14.0. The molecule has 6 nitrogen and oxygen atoms in total. The van der Waals surface area contributed by atoms with Crippen LogP contribution in [0.1, 0.15) is 20.7 Å². The fourth-order valence-corrected chi connectivity index (χ4v) is 2.69. The fourth-order valence-electron chi connectivity index (χ4n) is 2.53. The average molecular weight is 315 g/mol. The largest absolute Gasteiger partial charge is 0.439 e. The Bertz CT molecular complexity index is 983. The smallest absolute Gasteiger partial charge is 0.406 e. The summed E-state index contributed by atoms with van der Waals surface area (Å²) in [6, 6.07) is 10.9. The van der Waals surface area contributed by atoms with Crippen molar-refractivity contribution in [2.24, 2.45) is 0 Å². The van der Waals surface area contributed by atoms with Crippen molar-refractivity contribution in [2.75, 3.05) is 5.01 Å². The maximum atomic E-state index is 12.5. The van der Waals surface area contributed by atoms with Gasteiger partial charge >= 0.3 is 5.76 Å². The predicted octanol–water partition coefficient (Wildman–Crippen LogP) is 2.18. The number of imide groups is 1. The minimum Gasteiger partial charge on any atom is -0.406 e. The summed E-state index contributed by atoms with van der Waals surface area (Å²) in [5.41, 5.74) is 0.990. The van der Waals surface area contributed by atoms with Crippen molar-refractivity contribution in [3.8, 4) is 0 Å². The van der Waals surface area contributed by atoms with E-state index < -0.39 is 17.6 Å². The Balaban J connectivity index is 2.00. The lowest BCUT2D eigenvalue weighted by molar-refractivity contribution is 0.0884. The number of fused-ring (bicyclic) bond motifs is 2. The van der Waals surface area contributed by atoms with E-state index >= 15 is 0 Å². The third-order valence-electron chi connectivity index (χ3n) is 3.49. The van der Waals surface area contributed by atoms with Crippen LogP contribution in [0.2, 0.25) is 5.02 Å². The first-order chi connectivity index (χ1) is 10.6. The molecule has 1 aliphatic rings. The molecule has 0 aliphatic carbocycles. The van der Waals surface area contributed by atoms with Crippen LogP contribution in [0.25, 0.3) is 11.1 Å². The highest BCUT2D eigenvalue weighted by Gasteiger charge is 2.38. The number of nitrogens with zero attached hydrogens (tertiary/aromatic N) is 2. The first kappa shape index (κ1) is 12.8. The molecule has 0 saturated heterocycles. The third kappa shape index (κ3) is 1.58. The zero-order valence-corrected chi connectivity index (χ0v) is 11.7. The van der Waals surface area contributed by atoms with Crippen LogP contribution in [0.5, 0.6) is 0 Å². The number of carbonyl (C=O) groups excluding carboxylic acids is 2. The van der Waals surface area contributed by atoms with E-state index in [-0.39, 0.29) is 22.2 Å². The van der Waals surface area contributed by atoms with Gasteiger partial charge in [-0.1, -0.05) is 23.7 Å². The molecule has 3 aromatic rings. The number of halogens is 1. The molecule has 0 bridgehead atoms. The Morgan fingerprint density at radius 1 is 0.909 bits per heavy atom. The molecule has 0 spiro atoms. The van der Waals surface area contributed by atoms with Gasteiger partial charge in [-0.25, -0.2) is 4.79 Å². The lowest BCUT2D eigenvalue weighted by Crippen LogP contribution is -2.44. The van der Waals surface area contributed by atoms with Gasteiger partial charge in [0.1, 0.15) is 5.52 Å². The molecule has 22 heavy (non-hydrogen) atoms. The first-order valence-corrected chi connectivity index (χ1v) is 6.75. The molecular formula is C15H7ClN2O4. The summed E-state index contributed by atoms with van der Waals surface area (Å²) in [6.45, 7) is 0. The summed E-state index contributed by atoms with van der Waals surface area (Å²) in [5, 5.41) is 1.13. The number of rotatable bonds is 1. The summed E-state index contributed by atoms with van der Waals surface area (Å²) < 4.78 is 5.97. The lowest BCUT2D eigenvalue weighted by atomic mass is 10.1. The van der Waals surface area contributed by atoms with Crippen LogP contribution >= 0.6 is 11.6 Å². The van der Waals surface area contributed by atoms with E-state index in [4.69, 9.17) is 16.0 Å². The van der Waals surface area contributed by atoms with Crippen LogP contribution in [0.3, 0.4) is 0 Å². The van der Waals surface area contributed by atoms with Gasteiger partial charge in [0.05, 0.1) is 11.1 Å². The molecule has 0 unspecified atom stereocenters. The van der Waals surface area contributed by atoms with Gasteiger partial charge in [0.25, 0.3) is 11.8 Å². The first-order valence-electron chi connectivity index (χ1n) is 6.37.